The van der Waals surface area contributed by atoms with Crippen LogP contribution in [0.5, 0.6) is 0 Å². The van der Waals surface area contributed by atoms with Crippen LogP contribution in [0.1, 0.15) is 12.5 Å². The highest BCUT2D eigenvalue weighted by atomic mass is 16.5. The molecule has 0 N–H and O–H groups in total. The summed E-state index contributed by atoms with van der Waals surface area (Å²) in [5, 5.41) is 0. The van der Waals surface area contributed by atoms with Gasteiger partial charge in [0.05, 0.1) is 12.9 Å². The van der Waals surface area contributed by atoms with Crippen LogP contribution >= 0.6 is 0 Å². The molecule has 78 valence electrons. The van der Waals surface area contributed by atoms with Crippen molar-refractivity contribution in [3.05, 3.63) is 67.0 Å². The van der Waals surface area contributed by atoms with Gasteiger partial charge in [0, 0.05) is 0 Å². The van der Waals surface area contributed by atoms with E-state index in [1.807, 2.05) is 37.3 Å². The smallest absolute Gasteiger partial charge is 0.0845 e. The van der Waals surface area contributed by atoms with Crippen molar-refractivity contribution in [2.24, 2.45) is 0 Å². The molecular formula is C14H16O. The lowest BCUT2D eigenvalue weighted by atomic mass is 10.1. The largest absolute Gasteiger partial charge is 0.501 e. The van der Waals surface area contributed by atoms with Crippen LogP contribution in [-0.2, 0) is 4.74 Å². The molecule has 0 amide bonds. The number of ether oxygens (including phenoxy) is 1. The molecule has 0 aliphatic heterocycles. The van der Waals surface area contributed by atoms with E-state index in [2.05, 4.69) is 18.7 Å². The standard InChI is InChI=1S/C14H16O/c1-3-8-13(11-12-15-4-2)14-9-6-5-7-10-14/h3,5-12H,1,4H2,2H3/b12-11-,13-8+. The molecule has 1 aromatic carbocycles. The molecule has 1 heteroatoms. The minimum Gasteiger partial charge on any atom is -0.501 e. The molecule has 0 atom stereocenters. The Morgan fingerprint density at radius 3 is 2.67 bits per heavy atom. The van der Waals surface area contributed by atoms with Gasteiger partial charge in [0.1, 0.15) is 0 Å². The zero-order chi connectivity index (χ0) is 10.9. The number of hydrogen-bond acceptors (Lipinski definition) is 1. The van der Waals surface area contributed by atoms with E-state index < -0.39 is 0 Å². The van der Waals surface area contributed by atoms with Gasteiger partial charge in [-0.2, -0.15) is 0 Å². The monoisotopic (exact) mass is 200 g/mol. The van der Waals surface area contributed by atoms with Crippen LogP contribution in [0.4, 0.5) is 0 Å². The fourth-order valence-electron chi connectivity index (χ4n) is 1.22. The third-order valence-electron chi connectivity index (χ3n) is 1.92. The predicted molar refractivity (Wildman–Crippen MR) is 65.4 cm³/mol. The lowest BCUT2D eigenvalue weighted by molar-refractivity contribution is 0.269. The molecule has 15 heavy (non-hydrogen) atoms. The van der Waals surface area contributed by atoms with Crippen LogP contribution in [0.3, 0.4) is 0 Å². The maximum absolute atomic E-state index is 5.18. The second kappa shape index (κ2) is 6.66. The first-order valence-electron chi connectivity index (χ1n) is 5.04. The number of rotatable bonds is 5. The summed E-state index contributed by atoms with van der Waals surface area (Å²) >= 11 is 0. The summed E-state index contributed by atoms with van der Waals surface area (Å²) in [5.41, 5.74) is 2.26. The summed E-state index contributed by atoms with van der Waals surface area (Å²) in [6, 6.07) is 10.2. The highest BCUT2D eigenvalue weighted by Crippen LogP contribution is 2.15. The molecule has 0 saturated heterocycles. The minimum absolute atomic E-state index is 0.687. The van der Waals surface area contributed by atoms with E-state index in [0.717, 1.165) is 11.1 Å². The third-order valence-corrected chi connectivity index (χ3v) is 1.92. The van der Waals surface area contributed by atoms with Gasteiger partial charge in [-0.05, 0) is 24.1 Å². The molecule has 0 spiro atoms. The second-order valence-electron chi connectivity index (χ2n) is 2.98. The van der Waals surface area contributed by atoms with Gasteiger partial charge in [0.2, 0.25) is 0 Å². The van der Waals surface area contributed by atoms with Gasteiger partial charge in [-0.1, -0.05) is 49.1 Å². The van der Waals surface area contributed by atoms with Crippen molar-refractivity contribution < 1.29 is 4.74 Å². The van der Waals surface area contributed by atoms with Crippen LogP contribution in [0.15, 0.2) is 61.4 Å². The summed E-state index contributed by atoms with van der Waals surface area (Å²) in [4.78, 5) is 0. The second-order valence-corrected chi connectivity index (χ2v) is 2.98. The van der Waals surface area contributed by atoms with Crippen LogP contribution in [0.25, 0.3) is 5.57 Å². The first kappa shape index (κ1) is 11.3. The highest BCUT2D eigenvalue weighted by Gasteiger charge is 1.94. The quantitative estimate of drug-likeness (QED) is 0.519. The molecule has 0 saturated carbocycles. The van der Waals surface area contributed by atoms with Crippen LogP contribution < -0.4 is 0 Å². The van der Waals surface area contributed by atoms with E-state index in [1.54, 1.807) is 12.3 Å². The van der Waals surface area contributed by atoms with Gasteiger partial charge in [0.15, 0.2) is 0 Å². The van der Waals surface area contributed by atoms with Crippen molar-refractivity contribution in [3.63, 3.8) is 0 Å². The number of hydrogen-bond donors (Lipinski definition) is 0. The van der Waals surface area contributed by atoms with Crippen molar-refractivity contribution in [3.8, 4) is 0 Å². The van der Waals surface area contributed by atoms with E-state index in [1.165, 1.54) is 0 Å². The summed E-state index contributed by atoms with van der Waals surface area (Å²) in [6.07, 6.45) is 7.40. The van der Waals surface area contributed by atoms with E-state index in [9.17, 15) is 0 Å². The molecule has 0 bridgehead atoms. The molecule has 1 aromatic rings. The molecule has 0 fully saturated rings. The molecule has 0 heterocycles. The van der Waals surface area contributed by atoms with Crippen molar-refractivity contribution >= 4 is 5.57 Å². The SMILES string of the molecule is C=C/C=C(\C=C/OCC)c1ccccc1. The van der Waals surface area contributed by atoms with E-state index >= 15 is 0 Å². The summed E-state index contributed by atoms with van der Waals surface area (Å²) in [7, 11) is 0. The Labute approximate surface area is 91.4 Å². The van der Waals surface area contributed by atoms with Gasteiger partial charge in [-0.3, -0.25) is 0 Å². The Hall–Kier alpha value is -1.76. The predicted octanol–water partition coefficient (Wildman–Crippen LogP) is 3.81. The molecule has 0 unspecified atom stereocenters. The Kier molecular flexibility index (Phi) is 5.02. The average molecular weight is 200 g/mol. The topological polar surface area (TPSA) is 9.23 Å². The third kappa shape index (κ3) is 3.86. The first-order chi connectivity index (χ1) is 7.38. The summed E-state index contributed by atoms with van der Waals surface area (Å²) in [6.45, 7) is 6.35. The van der Waals surface area contributed by atoms with Crippen molar-refractivity contribution in [1.82, 2.24) is 0 Å². The number of benzene rings is 1. The lowest BCUT2D eigenvalue weighted by Crippen LogP contribution is -1.81. The minimum atomic E-state index is 0.687. The van der Waals surface area contributed by atoms with Crippen LogP contribution in [0, 0.1) is 0 Å². The van der Waals surface area contributed by atoms with Gasteiger partial charge in [0.25, 0.3) is 0 Å². The average Bonchev–Trinajstić information content (AvgIpc) is 2.29. The van der Waals surface area contributed by atoms with Crippen LogP contribution in [-0.4, -0.2) is 6.61 Å². The van der Waals surface area contributed by atoms with Gasteiger partial charge < -0.3 is 4.74 Å². The maximum atomic E-state index is 5.18. The lowest BCUT2D eigenvalue weighted by Gasteiger charge is -2.01. The fourth-order valence-corrected chi connectivity index (χ4v) is 1.22. The van der Waals surface area contributed by atoms with Crippen molar-refractivity contribution in [1.29, 1.82) is 0 Å². The zero-order valence-corrected chi connectivity index (χ0v) is 9.02. The maximum Gasteiger partial charge on any atom is 0.0845 e. The van der Waals surface area contributed by atoms with Gasteiger partial charge >= 0.3 is 0 Å². The molecule has 1 rings (SSSR count). The Morgan fingerprint density at radius 2 is 2.07 bits per heavy atom. The molecule has 0 aromatic heterocycles. The van der Waals surface area contributed by atoms with E-state index in [4.69, 9.17) is 4.74 Å². The van der Waals surface area contributed by atoms with Crippen molar-refractivity contribution in [2.75, 3.05) is 6.61 Å². The number of allylic oxidation sites excluding steroid dienone is 4. The summed E-state index contributed by atoms with van der Waals surface area (Å²) in [5.74, 6) is 0. The van der Waals surface area contributed by atoms with Gasteiger partial charge in [-0.15, -0.1) is 0 Å². The molecule has 0 aliphatic carbocycles. The zero-order valence-electron chi connectivity index (χ0n) is 9.02. The highest BCUT2D eigenvalue weighted by molar-refractivity contribution is 5.74. The summed E-state index contributed by atoms with van der Waals surface area (Å²) < 4.78 is 5.18. The Bertz CT molecular complexity index is 347. The van der Waals surface area contributed by atoms with E-state index in [0.29, 0.717) is 6.61 Å². The Morgan fingerprint density at radius 1 is 1.33 bits per heavy atom. The molecular weight excluding hydrogens is 184 g/mol. The molecule has 0 radical (unpaired) electrons. The normalized spacial score (nSPS) is 11.7. The van der Waals surface area contributed by atoms with Gasteiger partial charge in [-0.25, -0.2) is 0 Å². The van der Waals surface area contributed by atoms with Crippen LogP contribution in [0.2, 0.25) is 0 Å². The van der Waals surface area contributed by atoms with E-state index in [-0.39, 0.29) is 0 Å². The Balaban J connectivity index is 2.85. The molecule has 0 aliphatic rings. The van der Waals surface area contributed by atoms with Crippen molar-refractivity contribution in [2.45, 2.75) is 6.92 Å². The molecule has 1 nitrogen and oxygen atoms in total. The fraction of sp³-hybridized carbons (Fsp3) is 0.143. The first-order valence-corrected chi connectivity index (χ1v) is 5.04.